The number of hydrogen-bond acceptors (Lipinski definition) is 4. The number of halogens is 2. The van der Waals surface area contributed by atoms with Gasteiger partial charge in [-0.2, -0.15) is 4.98 Å². The van der Waals surface area contributed by atoms with Crippen molar-refractivity contribution in [3.8, 4) is 0 Å². The van der Waals surface area contributed by atoms with E-state index in [-0.39, 0.29) is 5.54 Å². The van der Waals surface area contributed by atoms with Gasteiger partial charge >= 0.3 is 0 Å². The molecule has 4 nitrogen and oxygen atoms in total. The standard InChI is InChI=1S/C14H17Cl2N3O/c1-4-17-14(2,3)13-18-12(19-20-13)7-9-5-6-10(15)8-11(9)16/h5-6,8,17H,4,7H2,1-3H3. The van der Waals surface area contributed by atoms with E-state index in [9.17, 15) is 0 Å². The molecule has 0 saturated heterocycles. The molecule has 0 saturated carbocycles. The Morgan fingerprint density at radius 3 is 2.70 bits per heavy atom. The van der Waals surface area contributed by atoms with Crippen LogP contribution in [0.15, 0.2) is 22.7 Å². The minimum absolute atomic E-state index is 0.343. The van der Waals surface area contributed by atoms with Gasteiger partial charge in [-0.05, 0) is 38.1 Å². The van der Waals surface area contributed by atoms with Crippen LogP contribution >= 0.6 is 23.2 Å². The van der Waals surface area contributed by atoms with Gasteiger partial charge in [-0.3, -0.25) is 0 Å². The van der Waals surface area contributed by atoms with Crippen molar-refractivity contribution in [2.24, 2.45) is 0 Å². The molecule has 0 unspecified atom stereocenters. The lowest BCUT2D eigenvalue weighted by Crippen LogP contribution is -2.36. The molecule has 6 heteroatoms. The van der Waals surface area contributed by atoms with Crippen LogP contribution in [-0.2, 0) is 12.0 Å². The van der Waals surface area contributed by atoms with Crippen molar-refractivity contribution < 1.29 is 4.52 Å². The Bertz CT molecular complexity index is 596. The second-order valence-electron chi connectivity index (χ2n) is 5.08. The Balaban J connectivity index is 2.17. The van der Waals surface area contributed by atoms with E-state index in [1.165, 1.54) is 0 Å². The second kappa shape index (κ2) is 6.12. The summed E-state index contributed by atoms with van der Waals surface area (Å²) in [5, 5.41) is 8.52. The van der Waals surface area contributed by atoms with Crippen molar-refractivity contribution >= 4 is 23.2 Å². The van der Waals surface area contributed by atoms with Crippen LogP contribution in [0.5, 0.6) is 0 Å². The number of hydrogen-bond donors (Lipinski definition) is 1. The lowest BCUT2D eigenvalue weighted by Gasteiger charge is -2.20. The molecule has 2 aromatic rings. The third-order valence-corrected chi connectivity index (χ3v) is 3.57. The van der Waals surface area contributed by atoms with Gasteiger partial charge in [0.05, 0.1) is 5.54 Å². The van der Waals surface area contributed by atoms with E-state index in [2.05, 4.69) is 15.5 Å². The van der Waals surface area contributed by atoms with Gasteiger partial charge < -0.3 is 9.84 Å². The molecule has 20 heavy (non-hydrogen) atoms. The summed E-state index contributed by atoms with van der Waals surface area (Å²) in [5.41, 5.74) is 0.578. The van der Waals surface area contributed by atoms with Crippen molar-refractivity contribution in [2.45, 2.75) is 32.7 Å². The highest BCUT2D eigenvalue weighted by atomic mass is 35.5. The highest BCUT2D eigenvalue weighted by Crippen LogP contribution is 2.24. The van der Waals surface area contributed by atoms with Gasteiger partial charge in [-0.1, -0.05) is 41.3 Å². The van der Waals surface area contributed by atoms with Crippen LogP contribution in [0.25, 0.3) is 0 Å². The molecule has 0 amide bonds. The molecule has 0 aliphatic rings. The fourth-order valence-electron chi connectivity index (χ4n) is 1.93. The Kier molecular flexibility index (Phi) is 4.68. The summed E-state index contributed by atoms with van der Waals surface area (Å²) >= 11 is 12.0. The smallest absolute Gasteiger partial charge is 0.246 e. The number of nitrogens with zero attached hydrogens (tertiary/aromatic N) is 2. The summed E-state index contributed by atoms with van der Waals surface area (Å²) in [4.78, 5) is 4.43. The Labute approximate surface area is 128 Å². The summed E-state index contributed by atoms with van der Waals surface area (Å²) in [6.07, 6.45) is 0.516. The van der Waals surface area contributed by atoms with E-state index in [1.807, 2.05) is 26.8 Å². The Hall–Kier alpha value is -1.10. The van der Waals surface area contributed by atoms with E-state index >= 15 is 0 Å². The van der Waals surface area contributed by atoms with E-state index in [4.69, 9.17) is 27.7 Å². The molecule has 2 rings (SSSR count). The van der Waals surface area contributed by atoms with Gasteiger partial charge in [0.25, 0.3) is 0 Å². The monoisotopic (exact) mass is 313 g/mol. The summed E-state index contributed by atoms with van der Waals surface area (Å²) in [7, 11) is 0. The molecule has 1 aromatic carbocycles. The molecule has 0 bridgehead atoms. The topological polar surface area (TPSA) is 51.0 Å². The molecule has 1 N–H and O–H groups in total. The minimum atomic E-state index is -0.343. The summed E-state index contributed by atoms with van der Waals surface area (Å²) < 4.78 is 5.33. The molecule has 108 valence electrons. The van der Waals surface area contributed by atoms with Gasteiger partial charge in [0.15, 0.2) is 5.82 Å². The zero-order valence-electron chi connectivity index (χ0n) is 11.7. The molecular weight excluding hydrogens is 297 g/mol. The molecule has 0 spiro atoms. The quantitative estimate of drug-likeness (QED) is 0.912. The summed E-state index contributed by atoms with van der Waals surface area (Å²) in [5.74, 6) is 1.18. The molecule has 0 radical (unpaired) electrons. The van der Waals surface area contributed by atoms with Crippen molar-refractivity contribution in [3.05, 3.63) is 45.5 Å². The van der Waals surface area contributed by atoms with E-state index in [0.29, 0.717) is 28.2 Å². The largest absolute Gasteiger partial charge is 0.337 e. The van der Waals surface area contributed by atoms with Crippen LogP contribution in [0.2, 0.25) is 10.0 Å². The van der Waals surface area contributed by atoms with E-state index in [0.717, 1.165) is 12.1 Å². The molecule has 0 atom stereocenters. The highest BCUT2D eigenvalue weighted by Gasteiger charge is 2.26. The van der Waals surface area contributed by atoms with Gasteiger partial charge in [0.1, 0.15) is 0 Å². The first-order valence-corrected chi connectivity index (χ1v) is 7.20. The number of rotatable bonds is 5. The van der Waals surface area contributed by atoms with E-state index in [1.54, 1.807) is 12.1 Å². The third kappa shape index (κ3) is 3.51. The maximum Gasteiger partial charge on any atom is 0.246 e. The lowest BCUT2D eigenvalue weighted by molar-refractivity contribution is 0.271. The van der Waals surface area contributed by atoms with Crippen LogP contribution in [0, 0.1) is 0 Å². The third-order valence-electron chi connectivity index (χ3n) is 2.99. The van der Waals surface area contributed by atoms with Gasteiger partial charge in [0.2, 0.25) is 5.89 Å². The predicted octanol–water partition coefficient (Wildman–Crippen LogP) is 3.81. The van der Waals surface area contributed by atoms with Crippen molar-refractivity contribution in [2.75, 3.05) is 6.54 Å². The normalized spacial score (nSPS) is 11.8. The SMILES string of the molecule is CCNC(C)(C)c1nc(Cc2ccc(Cl)cc2Cl)no1. The minimum Gasteiger partial charge on any atom is -0.337 e. The average Bonchev–Trinajstić information content (AvgIpc) is 2.82. The molecular formula is C14H17Cl2N3O. The molecule has 0 fully saturated rings. The van der Waals surface area contributed by atoms with E-state index < -0.39 is 0 Å². The van der Waals surface area contributed by atoms with Crippen LogP contribution in [-0.4, -0.2) is 16.7 Å². The first kappa shape index (κ1) is 15.3. The zero-order chi connectivity index (χ0) is 14.8. The van der Waals surface area contributed by atoms with Gasteiger partial charge in [-0.15, -0.1) is 0 Å². The molecule has 0 aliphatic heterocycles. The Morgan fingerprint density at radius 1 is 1.30 bits per heavy atom. The van der Waals surface area contributed by atoms with Crippen molar-refractivity contribution in [3.63, 3.8) is 0 Å². The first-order valence-electron chi connectivity index (χ1n) is 6.44. The number of aromatic nitrogens is 2. The molecule has 1 heterocycles. The molecule has 1 aromatic heterocycles. The van der Waals surface area contributed by atoms with Crippen LogP contribution < -0.4 is 5.32 Å². The lowest BCUT2D eigenvalue weighted by atomic mass is 10.1. The van der Waals surface area contributed by atoms with Crippen LogP contribution in [0.3, 0.4) is 0 Å². The van der Waals surface area contributed by atoms with Crippen molar-refractivity contribution in [1.82, 2.24) is 15.5 Å². The van der Waals surface area contributed by atoms with Gasteiger partial charge in [0, 0.05) is 16.5 Å². The summed E-state index contributed by atoms with van der Waals surface area (Å²) in [6.45, 7) is 6.87. The van der Waals surface area contributed by atoms with Crippen molar-refractivity contribution in [1.29, 1.82) is 0 Å². The second-order valence-corrected chi connectivity index (χ2v) is 5.93. The Morgan fingerprint density at radius 2 is 2.05 bits per heavy atom. The first-order chi connectivity index (χ1) is 9.42. The maximum absolute atomic E-state index is 6.14. The number of nitrogens with one attached hydrogen (secondary N) is 1. The van der Waals surface area contributed by atoms with Gasteiger partial charge in [-0.25, -0.2) is 0 Å². The maximum atomic E-state index is 6.14. The highest BCUT2D eigenvalue weighted by molar-refractivity contribution is 6.35. The molecule has 0 aliphatic carbocycles. The average molecular weight is 314 g/mol. The summed E-state index contributed by atoms with van der Waals surface area (Å²) in [6, 6.07) is 5.38. The number of benzene rings is 1. The fraction of sp³-hybridized carbons (Fsp3) is 0.429. The van der Waals surface area contributed by atoms with Crippen LogP contribution in [0.4, 0.5) is 0 Å². The zero-order valence-corrected chi connectivity index (χ0v) is 13.2. The predicted molar refractivity (Wildman–Crippen MR) is 80.3 cm³/mol. The van der Waals surface area contributed by atoms with Crippen LogP contribution in [0.1, 0.15) is 38.0 Å². The fourth-order valence-corrected chi connectivity index (χ4v) is 2.41.